The molecule has 0 unspecified atom stereocenters. The Morgan fingerprint density at radius 3 is 2.53 bits per heavy atom. The van der Waals surface area contributed by atoms with Crippen LogP contribution in [0.1, 0.15) is 34.9 Å². The van der Waals surface area contributed by atoms with Gasteiger partial charge in [-0.2, -0.15) is 0 Å². The highest BCUT2D eigenvalue weighted by molar-refractivity contribution is 7.19. The molecule has 2 heteroatoms. The van der Waals surface area contributed by atoms with E-state index in [9.17, 15) is 0 Å². The molecule has 0 saturated heterocycles. The maximum Gasteiger partial charge on any atom is 0.0380 e. The first-order valence-corrected chi connectivity index (χ1v) is 7.15. The fourth-order valence-corrected chi connectivity index (χ4v) is 3.84. The van der Waals surface area contributed by atoms with Crippen LogP contribution in [0.5, 0.6) is 0 Å². The SMILES string of the molecule is CCCc1c(CNC)sc2c(C)ccc(C)c12. The van der Waals surface area contributed by atoms with Crippen LogP contribution in [0.3, 0.4) is 0 Å². The summed E-state index contributed by atoms with van der Waals surface area (Å²) < 4.78 is 1.48. The van der Waals surface area contributed by atoms with E-state index < -0.39 is 0 Å². The van der Waals surface area contributed by atoms with E-state index in [1.165, 1.54) is 38.9 Å². The number of benzene rings is 1. The topological polar surface area (TPSA) is 12.0 Å². The quantitative estimate of drug-likeness (QED) is 0.854. The molecule has 2 aromatic rings. The van der Waals surface area contributed by atoms with Crippen molar-refractivity contribution in [2.75, 3.05) is 7.05 Å². The van der Waals surface area contributed by atoms with Gasteiger partial charge in [-0.1, -0.05) is 25.5 Å². The van der Waals surface area contributed by atoms with E-state index in [-0.39, 0.29) is 0 Å². The van der Waals surface area contributed by atoms with Gasteiger partial charge in [0.25, 0.3) is 0 Å². The summed E-state index contributed by atoms with van der Waals surface area (Å²) in [5.41, 5.74) is 4.41. The number of nitrogens with one attached hydrogen (secondary N) is 1. The lowest BCUT2D eigenvalue weighted by Crippen LogP contribution is -2.05. The predicted molar refractivity (Wildman–Crippen MR) is 78.1 cm³/mol. The molecule has 0 atom stereocenters. The van der Waals surface area contributed by atoms with E-state index in [1.54, 1.807) is 5.56 Å². The molecular formula is C15H21NS. The Labute approximate surface area is 108 Å². The van der Waals surface area contributed by atoms with Crippen LogP contribution in [0.15, 0.2) is 12.1 Å². The summed E-state index contributed by atoms with van der Waals surface area (Å²) in [4.78, 5) is 1.52. The Morgan fingerprint density at radius 1 is 1.18 bits per heavy atom. The second-order valence-electron chi connectivity index (χ2n) is 4.69. The number of rotatable bonds is 4. The van der Waals surface area contributed by atoms with Crippen molar-refractivity contribution >= 4 is 21.4 Å². The summed E-state index contributed by atoms with van der Waals surface area (Å²) in [6, 6.07) is 4.50. The number of fused-ring (bicyclic) bond motifs is 1. The fourth-order valence-electron chi connectivity index (χ4n) is 2.43. The third kappa shape index (κ3) is 2.24. The largest absolute Gasteiger partial charge is 0.315 e. The molecule has 0 aliphatic carbocycles. The third-order valence-corrected chi connectivity index (χ3v) is 4.63. The first-order valence-electron chi connectivity index (χ1n) is 6.34. The van der Waals surface area contributed by atoms with Crippen molar-refractivity contribution in [3.63, 3.8) is 0 Å². The molecule has 2 rings (SSSR count). The molecule has 1 N–H and O–H groups in total. The zero-order valence-corrected chi connectivity index (χ0v) is 12.0. The van der Waals surface area contributed by atoms with Gasteiger partial charge in [-0.15, -0.1) is 11.3 Å². The van der Waals surface area contributed by atoms with Crippen LogP contribution in [-0.4, -0.2) is 7.05 Å². The summed E-state index contributed by atoms with van der Waals surface area (Å²) in [7, 11) is 2.03. The van der Waals surface area contributed by atoms with Gasteiger partial charge < -0.3 is 5.32 Å². The van der Waals surface area contributed by atoms with Crippen molar-refractivity contribution in [2.24, 2.45) is 0 Å². The summed E-state index contributed by atoms with van der Waals surface area (Å²) in [6.07, 6.45) is 2.41. The highest BCUT2D eigenvalue weighted by Crippen LogP contribution is 2.36. The van der Waals surface area contributed by atoms with Crippen molar-refractivity contribution in [3.8, 4) is 0 Å². The van der Waals surface area contributed by atoms with Crippen LogP contribution >= 0.6 is 11.3 Å². The van der Waals surface area contributed by atoms with Gasteiger partial charge in [-0.05, 0) is 49.4 Å². The minimum atomic E-state index is 0.994. The maximum atomic E-state index is 3.29. The number of aryl methyl sites for hydroxylation is 3. The Kier molecular flexibility index (Phi) is 3.85. The molecule has 0 spiro atoms. The van der Waals surface area contributed by atoms with E-state index >= 15 is 0 Å². The maximum absolute atomic E-state index is 3.29. The molecule has 0 aliphatic heterocycles. The lowest BCUT2D eigenvalue weighted by atomic mass is 10.00. The van der Waals surface area contributed by atoms with Crippen LogP contribution in [0.25, 0.3) is 10.1 Å². The van der Waals surface area contributed by atoms with Crippen LogP contribution in [-0.2, 0) is 13.0 Å². The third-order valence-electron chi connectivity index (χ3n) is 3.26. The molecular weight excluding hydrogens is 226 g/mol. The summed E-state index contributed by atoms with van der Waals surface area (Å²) >= 11 is 1.97. The van der Waals surface area contributed by atoms with Crippen molar-refractivity contribution in [1.82, 2.24) is 5.32 Å². The Morgan fingerprint density at radius 2 is 1.88 bits per heavy atom. The Bertz CT molecular complexity index is 525. The molecule has 0 amide bonds. The van der Waals surface area contributed by atoms with Gasteiger partial charge in [-0.25, -0.2) is 0 Å². The van der Waals surface area contributed by atoms with Crippen molar-refractivity contribution in [2.45, 2.75) is 40.2 Å². The second kappa shape index (κ2) is 5.19. The van der Waals surface area contributed by atoms with Gasteiger partial charge in [0.1, 0.15) is 0 Å². The van der Waals surface area contributed by atoms with Gasteiger partial charge in [0.15, 0.2) is 0 Å². The molecule has 1 heterocycles. The normalized spacial score (nSPS) is 11.3. The van der Waals surface area contributed by atoms with Crippen LogP contribution in [0.2, 0.25) is 0 Å². The molecule has 92 valence electrons. The lowest BCUT2D eigenvalue weighted by Gasteiger charge is -2.05. The van der Waals surface area contributed by atoms with Gasteiger partial charge in [0.2, 0.25) is 0 Å². The average Bonchev–Trinajstić information content (AvgIpc) is 2.66. The highest BCUT2D eigenvalue weighted by Gasteiger charge is 2.14. The fraction of sp³-hybridized carbons (Fsp3) is 0.467. The van der Waals surface area contributed by atoms with Crippen LogP contribution in [0, 0.1) is 13.8 Å². The zero-order valence-electron chi connectivity index (χ0n) is 11.2. The molecule has 0 aliphatic rings. The van der Waals surface area contributed by atoms with Gasteiger partial charge in [-0.3, -0.25) is 0 Å². The smallest absolute Gasteiger partial charge is 0.0380 e. The van der Waals surface area contributed by atoms with E-state index in [0.29, 0.717) is 0 Å². The van der Waals surface area contributed by atoms with Gasteiger partial charge in [0.05, 0.1) is 0 Å². The molecule has 0 saturated carbocycles. The van der Waals surface area contributed by atoms with Crippen molar-refractivity contribution in [1.29, 1.82) is 0 Å². The first kappa shape index (κ1) is 12.6. The summed E-state index contributed by atoms with van der Waals surface area (Å²) in [5, 5.41) is 4.81. The van der Waals surface area contributed by atoms with Gasteiger partial charge in [0, 0.05) is 16.1 Å². The standard InChI is InChI=1S/C15H21NS/c1-5-6-12-13(9-16-4)17-15-11(3)8-7-10(2)14(12)15/h7-8,16H,5-6,9H2,1-4H3. The van der Waals surface area contributed by atoms with Crippen LogP contribution < -0.4 is 5.32 Å². The highest BCUT2D eigenvalue weighted by atomic mass is 32.1. The molecule has 1 aromatic heterocycles. The minimum Gasteiger partial charge on any atom is -0.315 e. The Hall–Kier alpha value is -0.860. The van der Waals surface area contributed by atoms with Gasteiger partial charge >= 0.3 is 0 Å². The van der Waals surface area contributed by atoms with E-state index in [2.05, 4.69) is 38.2 Å². The molecule has 0 radical (unpaired) electrons. The average molecular weight is 247 g/mol. The van der Waals surface area contributed by atoms with E-state index in [4.69, 9.17) is 0 Å². The molecule has 1 aromatic carbocycles. The zero-order chi connectivity index (χ0) is 12.4. The summed E-state index contributed by atoms with van der Waals surface area (Å²) in [5.74, 6) is 0. The second-order valence-corrected chi connectivity index (χ2v) is 5.79. The number of thiophene rings is 1. The Balaban J connectivity index is 2.70. The predicted octanol–water partition coefficient (Wildman–Crippen LogP) is 4.19. The molecule has 1 nitrogen and oxygen atoms in total. The van der Waals surface area contributed by atoms with Crippen molar-refractivity contribution < 1.29 is 0 Å². The number of hydrogen-bond donors (Lipinski definition) is 1. The molecule has 17 heavy (non-hydrogen) atoms. The lowest BCUT2D eigenvalue weighted by molar-refractivity contribution is 0.812. The van der Waals surface area contributed by atoms with E-state index in [0.717, 1.165) is 6.54 Å². The minimum absolute atomic E-state index is 0.994. The first-order chi connectivity index (χ1) is 8.19. The van der Waals surface area contributed by atoms with E-state index in [1.807, 2.05) is 18.4 Å². The van der Waals surface area contributed by atoms with Crippen LogP contribution in [0.4, 0.5) is 0 Å². The van der Waals surface area contributed by atoms with Crippen molar-refractivity contribution in [3.05, 3.63) is 33.7 Å². The number of hydrogen-bond acceptors (Lipinski definition) is 2. The summed E-state index contributed by atoms with van der Waals surface area (Å²) in [6.45, 7) is 7.71. The monoisotopic (exact) mass is 247 g/mol. The molecule has 0 bridgehead atoms. The molecule has 0 fully saturated rings.